The van der Waals surface area contributed by atoms with Gasteiger partial charge in [0.05, 0.1) is 0 Å². The Hall–Kier alpha value is -1.43. The third kappa shape index (κ3) is 2.01. The summed E-state index contributed by atoms with van der Waals surface area (Å²) in [5, 5.41) is 9.81. The first-order valence-corrected chi connectivity index (χ1v) is 5.57. The van der Waals surface area contributed by atoms with E-state index in [-0.39, 0.29) is 17.9 Å². The Morgan fingerprint density at radius 2 is 1.78 bits per heavy atom. The Labute approximate surface area is 102 Å². The van der Waals surface area contributed by atoms with Gasteiger partial charge in [-0.15, -0.1) is 0 Å². The molecule has 1 unspecified atom stereocenters. The van der Waals surface area contributed by atoms with Gasteiger partial charge < -0.3 is 14.6 Å². The van der Waals surface area contributed by atoms with Gasteiger partial charge in [0.15, 0.2) is 17.1 Å². The molecule has 0 spiro atoms. The second-order valence-corrected chi connectivity index (χ2v) is 4.07. The van der Waals surface area contributed by atoms with Crippen LogP contribution in [0.1, 0.15) is 18.9 Å². The highest BCUT2D eigenvalue weighted by molar-refractivity contribution is 5.45. The van der Waals surface area contributed by atoms with E-state index in [4.69, 9.17) is 9.47 Å². The average molecular weight is 262 g/mol. The fourth-order valence-electron chi connectivity index (χ4n) is 1.87. The molecule has 0 radical (unpaired) electrons. The van der Waals surface area contributed by atoms with Crippen molar-refractivity contribution in [3.8, 4) is 11.5 Å². The number of fused-ring (bicyclic) bond motifs is 1. The predicted molar refractivity (Wildman–Crippen MR) is 57.7 cm³/mol. The van der Waals surface area contributed by atoms with Gasteiger partial charge in [-0.2, -0.15) is 13.2 Å². The molecule has 100 valence electrons. The molecule has 0 amide bonds. The molecular formula is C12H13F3O3. The van der Waals surface area contributed by atoms with Gasteiger partial charge in [0.1, 0.15) is 13.2 Å². The van der Waals surface area contributed by atoms with Crippen molar-refractivity contribution in [1.82, 2.24) is 0 Å². The van der Waals surface area contributed by atoms with E-state index in [0.29, 0.717) is 12.4 Å². The molecule has 1 aliphatic heterocycles. The van der Waals surface area contributed by atoms with Crippen LogP contribution in [0.25, 0.3) is 0 Å². The fourth-order valence-corrected chi connectivity index (χ4v) is 1.87. The van der Waals surface area contributed by atoms with Gasteiger partial charge in [-0.3, -0.25) is 0 Å². The van der Waals surface area contributed by atoms with E-state index in [2.05, 4.69) is 0 Å². The van der Waals surface area contributed by atoms with Crippen LogP contribution in [0.5, 0.6) is 11.5 Å². The summed E-state index contributed by atoms with van der Waals surface area (Å²) in [6.45, 7) is 1.93. The van der Waals surface area contributed by atoms with Crippen molar-refractivity contribution in [2.75, 3.05) is 13.2 Å². The Morgan fingerprint density at radius 3 is 2.33 bits per heavy atom. The highest BCUT2D eigenvalue weighted by Gasteiger charge is 2.53. The number of halogens is 3. The molecule has 2 rings (SSSR count). The second-order valence-electron chi connectivity index (χ2n) is 4.07. The average Bonchev–Trinajstić information content (AvgIpc) is 2.35. The van der Waals surface area contributed by atoms with Crippen LogP contribution in [-0.4, -0.2) is 24.5 Å². The van der Waals surface area contributed by atoms with E-state index in [1.54, 1.807) is 0 Å². The highest BCUT2D eigenvalue weighted by Crippen LogP contribution is 2.44. The van der Waals surface area contributed by atoms with Crippen LogP contribution in [0.2, 0.25) is 0 Å². The van der Waals surface area contributed by atoms with Crippen LogP contribution < -0.4 is 9.47 Å². The molecule has 3 nitrogen and oxygen atoms in total. The van der Waals surface area contributed by atoms with Crippen LogP contribution in [0.4, 0.5) is 13.2 Å². The maximum atomic E-state index is 12.9. The maximum absolute atomic E-state index is 12.9. The van der Waals surface area contributed by atoms with Crippen molar-refractivity contribution in [2.45, 2.75) is 25.1 Å². The minimum atomic E-state index is -4.73. The lowest BCUT2D eigenvalue weighted by molar-refractivity contribution is -0.267. The van der Waals surface area contributed by atoms with Crippen molar-refractivity contribution in [3.05, 3.63) is 23.8 Å². The van der Waals surface area contributed by atoms with Crippen LogP contribution in [0.3, 0.4) is 0 Å². The molecule has 0 fully saturated rings. The second kappa shape index (κ2) is 4.35. The predicted octanol–water partition coefficient (Wildman–Crippen LogP) is 2.62. The lowest BCUT2D eigenvalue weighted by Gasteiger charge is -2.30. The van der Waals surface area contributed by atoms with Gasteiger partial charge in [0.25, 0.3) is 0 Å². The molecule has 1 N–H and O–H groups in total. The minimum absolute atomic E-state index is 0.231. The summed E-state index contributed by atoms with van der Waals surface area (Å²) in [5.41, 5.74) is -3.09. The summed E-state index contributed by atoms with van der Waals surface area (Å²) in [6, 6.07) is 3.78. The van der Waals surface area contributed by atoms with Crippen molar-refractivity contribution in [2.24, 2.45) is 0 Å². The lowest BCUT2D eigenvalue weighted by atomic mass is 9.90. The molecule has 1 aromatic carbocycles. The molecule has 0 saturated carbocycles. The molecule has 0 aliphatic carbocycles. The number of alkyl halides is 3. The quantitative estimate of drug-likeness (QED) is 0.890. The van der Waals surface area contributed by atoms with Crippen molar-refractivity contribution in [3.63, 3.8) is 0 Å². The van der Waals surface area contributed by atoms with Crippen LogP contribution in [-0.2, 0) is 5.60 Å². The van der Waals surface area contributed by atoms with Crippen LogP contribution in [0, 0.1) is 0 Å². The first kappa shape index (κ1) is 13.0. The lowest BCUT2D eigenvalue weighted by Crippen LogP contribution is -2.41. The van der Waals surface area contributed by atoms with E-state index >= 15 is 0 Å². The molecule has 1 aromatic rings. The van der Waals surface area contributed by atoms with Gasteiger partial charge in [-0.05, 0) is 24.1 Å². The Kier molecular flexibility index (Phi) is 3.14. The fraction of sp³-hybridized carbons (Fsp3) is 0.500. The van der Waals surface area contributed by atoms with E-state index < -0.39 is 18.2 Å². The third-order valence-electron chi connectivity index (χ3n) is 3.00. The van der Waals surface area contributed by atoms with Crippen LogP contribution in [0.15, 0.2) is 18.2 Å². The van der Waals surface area contributed by atoms with Gasteiger partial charge in [-0.1, -0.05) is 13.0 Å². The number of aliphatic hydroxyl groups is 1. The number of rotatable bonds is 2. The van der Waals surface area contributed by atoms with Gasteiger partial charge >= 0.3 is 6.18 Å². The summed E-state index contributed by atoms with van der Waals surface area (Å²) in [4.78, 5) is 0. The van der Waals surface area contributed by atoms with E-state index in [1.165, 1.54) is 25.1 Å². The minimum Gasteiger partial charge on any atom is -0.486 e. The molecule has 18 heavy (non-hydrogen) atoms. The molecule has 1 atom stereocenters. The van der Waals surface area contributed by atoms with Crippen molar-refractivity contribution in [1.29, 1.82) is 0 Å². The SMILES string of the molecule is CCC(O)(c1ccc2c(c1)OCCO2)C(F)(F)F. The maximum Gasteiger partial charge on any atom is 0.421 e. The van der Waals surface area contributed by atoms with Crippen molar-refractivity contribution < 1.29 is 27.8 Å². The summed E-state index contributed by atoms with van der Waals surface area (Å²) in [5.74, 6) is 0.625. The smallest absolute Gasteiger partial charge is 0.421 e. The zero-order valence-corrected chi connectivity index (χ0v) is 9.75. The monoisotopic (exact) mass is 262 g/mol. The summed E-state index contributed by atoms with van der Waals surface area (Å²) >= 11 is 0. The normalized spacial score (nSPS) is 18.3. The molecular weight excluding hydrogens is 249 g/mol. The molecule has 1 heterocycles. The van der Waals surface area contributed by atoms with Gasteiger partial charge in [0, 0.05) is 0 Å². The summed E-state index contributed by atoms with van der Waals surface area (Å²) in [6.07, 6.45) is -5.19. The largest absolute Gasteiger partial charge is 0.486 e. The highest BCUT2D eigenvalue weighted by atomic mass is 19.4. The first-order chi connectivity index (χ1) is 8.38. The molecule has 1 aliphatic rings. The molecule has 0 bridgehead atoms. The third-order valence-corrected chi connectivity index (χ3v) is 3.00. The standard InChI is InChI=1S/C12H13F3O3/c1-2-11(16,12(13,14)15)8-3-4-9-10(7-8)18-6-5-17-9/h3-4,7,16H,2,5-6H2,1H3. The number of hydrogen-bond donors (Lipinski definition) is 1. The number of benzene rings is 1. The molecule has 6 heteroatoms. The molecule has 0 saturated heterocycles. The van der Waals surface area contributed by atoms with E-state index in [1.807, 2.05) is 0 Å². The Bertz CT molecular complexity index is 445. The van der Waals surface area contributed by atoms with Gasteiger partial charge in [-0.25, -0.2) is 0 Å². The first-order valence-electron chi connectivity index (χ1n) is 5.57. The summed E-state index contributed by atoms with van der Waals surface area (Å²) < 4.78 is 49.1. The summed E-state index contributed by atoms with van der Waals surface area (Å²) in [7, 11) is 0. The molecule has 0 aromatic heterocycles. The van der Waals surface area contributed by atoms with Gasteiger partial charge in [0.2, 0.25) is 0 Å². The van der Waals surface area contributed by atoms with Crippen LogP contribution >= 0.6 is 0 Å². The van der Waals surface area contributed by atoms with E-state index in [9.17, 15) is 18.3 Å². The number of hydrogen-bond acceptors (Lipinski definition) is 3. The topological polar surface area (TPSA) is 38.7 Å². The zero-order valence-electron chi connectivity index (χ0n) is 9.75. The Balaban J connectivity index is 2.44. The zero-order chi connectivity index (χ0) is 13.4. The van der Waals surface area contributed by atoms with E-state index in [0.717, 1.165) is 0 Å². The Morgan fingerprint density at radius 1 is 1.17 bits per heavy atom. The number of ether oxygens (including phenoxy) is 2. The van der Waals surface area contributed by atoms with Crippen molar-refractivity contribution >= 4 is 0 Å².